The lowest BCUT2D eigenvalue weighted by Gasteiger charge is -2.06. The molecule has 1 heterocycles. The van der Waals surface area contributed by atoms with Gasteiger partial charge in [-0.05, 0) is 42.0 Å². The van der Waals surface area contributed by atoms with Crippen LogP contribution in [-0.2, 0) is 6.54 Å². The van der Waals surface area contributed by atoms with Crippen molar-refractivity contribution in [3.8, 4) is 5.75 Å². The second-order valence-corrected chi connectivity index (χ2v) is 4.95. The van der Waals surface area contributed by atoms with Gasteiger partial charge in [-0.3, -0.25) is 4.79 Å². The van der Waals surface area contributed by atoms with Crippen LogP contribution < -0.4 is 10.1 Å². The minimum Gasteiger partial charge on any atom is -0.497 e. The molecule has 0 fully saturated rings. The lowest BCUT2D eigenvalue weighted by Crippen LogP contribution is -2.22. The van der Waals surface area contributed by atoms with Crippen LogP contribution in [0, 0.1) is 6.92 Å². The van der Waals surface area contributed by atoms with Crippen molar-refractivity contribution in [3.63, 3.8) is 0 Å². The first-order valence-corrected chi connectivity index (χ1v) is 6.94. The van der Waals surface area contributed by atoms with Crippen LogP contribution in [0.25, 0.3) is 11.1 Å². The molecule has 0 aliphatic heterocycles. The van der Waals surface area contributed by atoms with Crippen molar-refractivity contribution in [1.82, 2.24) is 10.3 Å². The highest BCUT2D eigenvalue weighted by molar-refractivity contribution is 5.94. The van der Waals surface area contributed by atoms with Gasteiger partial charge in [0.25, 0.3) is 5.91 Å². The molecule has 5 heteroatoms. The molecule has 3 rings (SSSR count). The minimum absolute atomic E-state index is 0.126. The molecule has 1 aromatic heterocycles. The summed E-state index contributed by atoms with van der Waals surface area (Å²) in [7, 11) is 1.59. The van der Waals surface area contributed by atoms with Gasteiger partial charge in [-0.25, -0.2) is 4.98 Å². The zero-order chi connectivity index (χ0) is 15.5. The fraction of sp³-hybridized carbons (Fsp3) is 0.176. The number of amides is 1. The van der Waals surface area contributed by atoms with E-state index in [2.05, 4.69) is 10.3 Å². The molecule has 112 valence electrons. The fourth-order valence-corrected chi connectivity index (χ4v) is 2.22. The maximum absolute atomic E-state index is 12.1. The van der Waals surface area contributed by atoms with Crippen molar-refractivity contribution in [3.05, 3.63) is 59.5 Å². The average Bonchev–Trinajstić information content (AvgIpc) is 2.92. The number of methoxy groups -OCH3 is 1. The first-order chi connectivity index (χ1) is 10.7. The van der Waals surface area contributed by atoms with Crippen LogP contribution in [-0.4, -0.2) is 18.0 Å². The third-order valence-corrected chi connectivity index (χ3v) is 3.36. The van der Waals surface area contributed by atoms with E-state index in [4.69, 9.17) is 9.15 Å². The van der Waals surface area contributed by atoms with E-state index in [0.29, 0.717) is 18.0 Å². The summed E-state index contributed by atoms with van der Waals surface area (Å²) in [6, 6.07) is 12.7. The Morgan fingerprint density at radius 3 is 2.73 bits per heavy atom. The highest BCUT2D eigenvalue weighted by atomic mass is 16.5. The van der Waals surface area contributed by atoms with Gasteiger partial charge in [0.1, 0.15) is 11.3 Å². The van der Waals surface area contributed by atoms with Gasteiger partial charge in [0.05, 0.1) is 7.11 Å². The van der Waals surface area contributed by atoms with Gasteiger partial charge >= 0.3 is 0 Å². The number of hydrogen-bond acceptors (Lipinski definition) is 4. The summed E-state index contributed by atoms with van der Waals surface area (Å²) in [5.74, 6) is 1.23. The molecule has 0 radical (unpaired) electrons. The molecule has 22 heavy (non-hydrogen) atoms. The number of carbonyl (C=O) groups excluding carboxylic acids is 1. The van der Waals surface area contributed by atoms with Crippen molar-refractivity contribution in [1.29, 1.82) is 0 Å². The zero-order valence-corrected chi connectivity index (χ0v) is 12.4. The first kappa shape index (κ1) is 14.1. The van der Waals surface area contributed by atoms with Gasteiger partial charge in [-0.1, -0.05) is 6.07 Å². The lowest BCUT2D eigenvalue weighted by molar-refractivity contribution is 0.0951. The molecule has 0 spiro atoms. The summed E-state index contributed by atoms with van der Waals surface area (Å²) in [5, 5.41) is 2.89. The number of nitrogens with zero attached hydrogens (tertiary/aromatic N) is 1. The summed E-state index contributed by atoms with van der Waals surface area (Å²) < 4.78 is 10.5. The Kier molecular flexibility index (Phi) is 3.78. The van der Waals surface area contributed by atoms with Crippen molar-refractivity contribution >= 4 is 17.0 Å². The van der Waals surface area contributed by atoms with Gasteiger partial charge in [0.2, 0.25) is 0 Å². The molecular weight excluding hydrogens is 280 g/mol. The third kappa shape index (κ3) is 2.93. The molecule has 0 bridgehead atoms. The number of rotatable bonds is 4. The SMILES string of the molecule is COc1ccc(C(=O)NCc2ccc3oc(C)nc3c2)cc1. The number of ether oxygens (including phenoxy) is 1. The molecular formula is C17H16N2O3. The minimum atomic E-state index is -0.126. The van der Waals surface area contributed by atoms with E-state index in [0.717, 1.165) is 22.4 Å². The second kappa shape index (κ2) is 5.89. The Balaban J connectivity index is 1.68. The quantitative estimate of drug-likeness (QED) is 0.803. The van der Waals surface area contributed by atoms with E-state index in [-0.39, 0.29) is 5.91 Å². The average molecular weight is 296 g/mol. The molecule has 0 saturated heterocycles. The van der Waals surface area contributed by atoms with E-state index in [1.54, 1.807) is 31.4 Å². The molecule has 2 aromatic carbocycles. The van der Waals surface area contributed by atoms with E-state index < -0.39 is 0 Å². The van der Waals surface area contributed by atoms with Crippen LogP contribution in [0.1, 0.15) is 21.8 Å². The van der Waals surface area contributed by atoms with Crippen molar-refractivity contribution in [2.75, 3.05) is 7.11 Å². The number of aryl methyl sites for hydroxylation is 1. The van der Waals surface area contributed by atoms with Crippen molar-refractivity contribution < 1.29 is 13.9 Å². The Bertz CT molecular complexity index is 806. The predicted molar refractivity (Wildman–Crippen MR) is 82.9 cm³/mol. The molecule has 0 aliphatic carbocycles. The van der Waals surface area contributed by atoms with Crippen LogP contribution in [0.4, 0.5) is 0 Å². The number of aromatic nitrogens is 1. The molecule has 0 atom stereocenters. The summed E-state index contributed by atoms with van der Waals surface area (Å²) in [6.45, 7) is 2.25. The van der Waals surface area contributed by atoms with E-state index in [9.17, 15) is 4.79 Å². The maximum atomic E-state index is 12.1. The molecule has 3 aromatic rings. The Morgan fingerprint density at radius 2 is 2.00 bits per heavy atom. The third-order valence-electron chi connectivity index (χ3n) is 3.36. The number of benzene rings is 2. The smallest absolute Gasteiger partial charge is 0.251 e. The van der Waals surface area contributed by atoms with Crippen LogP contribution in [0.15, 0.2) is 46.9 Å². The van der Waals surface area contributed by atoms with Crippen LogP contribution >= 0.6 is 0 Å². The Hall–Kier alpha value is -2.82. The summed E-state index contributed by atoms with van der Waals surface area (Å²) in [4.78, 5) is 16.4. The largest absolute Gasteiger partial charge is 0.497 e. The molecule has 5 nitrogen and oxygen atoms in total. The monoisotopic (exact) mass is 296 g/mol. The Labute approximate surface area is 127 Å². The number of oxazole rings is 1. The van der Waals surface area contributed by atoms with Gasteiger partial charge in [-0.15, -0.1) is 0 Å². The van der Waals surface area contributed by atoms with E-state index >= 15 is 0 Å². The molecule has 1 N–H and O–H groups in total. The zero-order valence-electron chi connectivity index (χ0n) is 12.4. The van der Waals surface area contributed by atoms with Gasteiger partial charge in [0.15, 0.2) is 11.5 Å². The topological polar surface area (TPSA) is 64.4 Å². The maximum Gasteiger partial charge on any atom is 0.251 e. The van der Waals surface area contributed by atoms with Gasteiger partial charge in [-0.2, -0.15) is 0 Å². The van der Waals surface area contributed by atoms with Crippen LogP contribution in [0.3, 0.4) is 0 Å². The molecule has 0 unspecified atom stereocenters. The number of nitrogens with one attached hydrogen (secondary N) is 1. The van der Waals surface area contributed by atoms with Crippen LogP contribution in [0.2, 0.25) is 0 Å². The molecule has 0 saturated carbocycles. The first-order valence-electron chi connectivity index (χ1n) is 6.94. The van der Waals surface area contributed by atoms with Crippen molar-refractivity contribution in [2.24, 2.45) is 0 Å². The second-order valence-electron chi connectivity index (χ2n) is 4.95. The Morgan fingerprint density at radius 1 is 1.23 bits per heavy atom. The number of fused-ring (bicyclic) bond motifs is 1. The fourth-order valence-electron chi connectivity index (χ4n) is 2.22. The summed E-state index contributed by atoms with van der Waals surface area (Å²) in [5.41, 5.74) is 3.12. The van der Waals surface area contributed by atoms with E-state index in [1.807, 2.05) is 25.1 Å². The lowest BCUT2D eigenvalue weighted by atomic mass is 10.1. The molecule has 0 aliphatic rings. The standard InChI is InChI=1S/C17H16N2O3/c1-11-19-15-9-12(3-8-16(15)22-11)10-18-17(20)13-4-6-14(21-2)7-5-13/h3-9H,10H2,1-2H3,(H,18,20). The van der Waals surface area contributed by atoms with Gasteiger partial charge in [0, 0.05) is 19.0 Å². The van der Waals surface area contributed by atoms with Crippen molar-refractivity contribution in [2.45, 2.75) is 13.5 Å². The van der Waals surface area contributed by atoms with Gasteiger partial charge < -0.3 is 14.5 Å². The predicted octanol–water partition coefficient (Wildman–Crippen LogP) is 3.07. The number of carbonyl (C=O) groups is 1. The normalized spacial score (nSPS) is 10.6. The van der Waals surface area contributed by atoms with Crippen LogP contribution in [0.5, 0.6) is 5.75 Å². The summed E-state index contributed by atoms with van der Waals surface area (Å²) in [6.07, 6.45) is 0. The summed E-state index contributed by atoms with van der Waals surface area (Å²) >= 11 is 0. The molecule has 1 amide bonds. The highest BCUT2D eigenvalue weighted by Gasteiger charge is 2.07. The highest BCUT2D eigenvalue weighted by Crippen LogP contribution is 2.17. The number of hydrogen-bond donors (Lipinski definition) is 1. The van der Waals surface area contributed by atoms with E-state index in [1.165, 1.54) is 0 Å².